The van der Waals surface area contributed by atoms with Gasteiger partial charge in [-0.15, -0.1) is 0 Å². The molecule has 0 radical (unpaired) electrons. The van der Waals surface area contributed by atoms with E-state index < -0.39 is 40.4 Å². The summed E-state index contributed by atoms with van der Waals surface area (Å²) in [4.78, 5) is 0. The minimum absolute atomic E-state index is 0.0596. The van der Waals surface area contributed by atoms with Crippen LogP contribution >= 0.6 is 0 Å². The number of aryl methyl sites for hydroxylation is 1. The molecule has 0 saturated heterocycles. The van der Waals surface area contributed by atoms with Crippen LogP contribution in [0.4, 0.5) is 30.7 Å². The van der Waals surface area contributed by atoms with Crippen molar-refractivity contribution >= 4 is 10.8 Å². The van der Waals surface area contributed by atoms with Gasteiger partial charge in [-0.3, -0.25) is 0 Å². The van der Waals surface area contributed by atoms with E-state index in [0.29, 0.717) is 11.6 Å². The Morgan fingerprint density at radius 3 is 1.88 bits per heavy atom. The summed E-state index contributed by atoms with van der Waals surface area (Å²) in [7, 11) is 0. The lowest BCUT2D eigenvalue weighted by atomic mass is 9.96. The van der Waals surface area contributed by atoms with Gasteiger partial charge in [0.25, 0.3) is 0 Å². The molecule has 0 spiro atoms. The summed E-state index contributed by atoms with van der Waals surface area (Å²) in [5, 5.41) is -0.574. The molecule has 0 aromatic heterocycles. The highest BCUT2D eigenvalue weighted by Gasteiger charge is 2.38. The van der Waals surface area contributed by atoms with Gasteiger partial charge in [0.2, 0.25) is 0 Å². The van der Waals surface area contributed by atoms with Gasteiger partial charge in [-0.2, -0.15) is 13.2 Å². The number of halogens is 7. The summed E-state index contributed by atoms with van der Waals surface area (Å²) in [5.74, 6) is -4.66. The van der Waals surface area contributed by atoms with Crippen LogP contribution in [0.2, 0.25) is 0 Å². The molecule has 7 heteroatoms. The third-order valence-electron chi connectivity index (χ3n) is 5.48. The number of hydrogen-bond donors (Lipinski definition) is 0. The fraction of sp³-hybridized carbons (Fsp3) is 0.154. The summed E-state index contributed by atoms with van der Waals surface area (Å²) in [6.45, 7) is 1.98. The van der Waals surface area contributed by atoms with Crippen molar-refractivity contribution in [2.75, 3.05) is 0 Å². The second kappa shape index (κ2) is 8.54. The van der Waals surface area contributed by atoms with Crippen molar-refractivity contribution in [3.05, 3.63) is 95.1 Å². The summed E-state index contributed by atoms with van der Waals surface area (Å²) in [5.41, 5.74) is -0.328. The number of alkyl halides is 3. The molecule has 0 amide bonds. The highest BCUT2D eigenvalue weighted by atomic mass is 19.4. The second-order valence-electron chi connectivity index (χ2n) is 7.74. The maximum absolute atomic E-state index is 14.9. The van der Waals surface area contributed by atoms with Gasteiger partial charge in [0, 0.05) is 16.5 Å². The predicted octanol–water partition coefficient (Wildman–Crippen LogP) is 8.70. The fourth-order valence-electron chi connectivity index (χ4n) is 3.91. The van der Waals surface area contributed by atoms with Crippen LogP contribution in [0.3, 0.4) is 0 Å². The molecule has 33 heavy (non-hydrogen) atoms. The lowest BCUT2D eigenvalue weighted by molar-refractivity contribution is -0.142. The molecule has 4 rings (SSSR count). The normalized spacial score (nSPS) is 11.9. The van der Waals surface area contributed by atoms with Crippen LogP contribution in [0, 0.1) is 23.3 Å². The Kier molecular flexibility index (Phi) is 5.91. The van der Waals surface area contributed by atoms with Crippen LogP contribution in [0.5, 0.6) is 0 Å². The zero-order valence-electron chi connectivity index (χ0n) is 17.3. The monoisotopic (exact) mass is 462 g/mol. The zero-order chi connectivity index (χ0) is 23.9. The lowest BCUT2D eigenvalue weighted by Crippen LogP contribution is -2.11. The molecule has 0 heterocycles. The standard InChI is InChI=1S/C26H17F7/c1-2-3-14-4-7-18(21(27)10-14)16-5-8-19(22(28)12-16)15-6-9-20-17(11-15)13-23(29)24(25(20)30)26(31,32)33/h4-13H,2-3H2,1H3. The molecule has 0 bridgehead atoms. The Morgan fingerprint density at radius 2 is 1.27 bits per heavy atom. The molecule has 0 fully saturated rings. The lowest BCUT2D eigenvalue weighted by Gasteiger charge is -2.13. The van der Waals surface area contributed by atoms with Crippen molar-refractivity contribution in [1.82, 2.24) is 0 Å². The average Bonchev–Trinajstić information content (AvgIpc) is 2.72. The summed E-state index contributed by atoms with van der Waals surface area (Å²) >= 11 is 0. The van der Waals surface area contributed by atoms with Crippen molar-refractivity contribution in [1.29, 1.82) is 0 Å². The van der Waals surface area contributed by atoms with E-state index in [1.165, 1.54) is 30.3 Å². The van der Waals surface area contributed by atoms with Crippen molar-refractivity contribution in [2.45, 2.75) is 25.9 Å². The van der Waals surface area contributed by atoms with Gasteiger partial charge in [-0.1, -0.05) is 49.7 Å². The van der Waals surface area contributed by atoms with Crippen molar-refractivity contribution in [3.8, 4) is 22.3 Å². The highest BCUT2D eigenvalue weighted by molar-refractivity contribution is 5.89. The van der Waals surface area contributed by atoms with Gasteiger partial charge in [0.1, 0.15) is 28.8 Å². The topological polar surface area (TPSA) is 0 Å². The van der Waals surface area contributed by atoms with Gasteiger partial charge >= 0.3 is 6.18 Å². The molecule has 0 atom stereocenters. The van der Waals surface area contributed by atoms with Crippen LogP contribution < -0.4 is 0 Å². The zero-order valence-corrected chi connectivity index (χ0v) is 17.3. The summed E-state index contributed by atoms with van der Waals surface area (Å²) < 4.78 is 96.6. The minimum atomic E-state index is -5.19. The van der Waals surface area contributed by atoms with E-state index in [1.807, 2.05) is 6.92 Å². The third kappa shape index (κ3) is 4.32. The number of rotatable bonds is 4. The predicted molar refractivity (Wildman–Crippen MR) is 114 cm³/mol. The van der Waals surface area contributed by atoms with Crippen LogP contribution in [0.1, 0.15) is 24.5 Å². The van der Waals surface area contributed by atoms with Gasteiger partial charge < -0.3 is 0 Å². The Balaban J connectivity index is 1.75. The molecule has 4 aromatic carbocycles. The Hall–Kier alpha value is -3.35. The van der Waals surface area contributed by atoms with Crippen LogP contribution in [-0.2, 0) is 12.6 Å². The molecule has 0 nitrogen and oxygen atoms in total. The van der Waals surface area contributed by atoms with Crippen LogP contribution in [0.25, 0.3) is 33.0 Å². The molecule has 0 unspecified atom stereocenters. The first-order valence-electron chi connectivity index (χ1n) is 10.2. The van der Waals surface area contributed by atoms with E-state index in [0.717, 1.165) is 30.5 Å². The number of fused-ring (bicyclic) bond motifs is 1. The maximum atomic E-state index is 14.9. The van der Waals surface area contributed by atoms with Crippen molar-refractivity contribution < 1.29 is 30.7 Å². The summed E-state index contributed by atoms with van der Waals surface area (Å²) in [6, 6.07) is 12.9. The first-order chi connectivity index (χ1) is 15.6. The molecule has 0 aliphatic heterocycles. The third-order valence-corrected chi connectivity index (χ3v) is 5.48. The second-order valence-corrected chi connectivity index (χ2v) is 7.74. The van der Waals surface area contributed by atoms with Gasteiger partial charge in [-0.05, 0) is 52.8 Å². The molecular weight excluding hydrogens is 445 g/mol. The average molecular weight is 462 g/mol. The minimum Gasteiger partial charge on any atom is -0.206 e. The Labute approximate surface area is 185 Å². The molecule has 0 N–H and O–H groups in total. The van der Waals surface area contributed by atoms with Crippen LogP contribution in [0.15, 0.2) is 60.7 Å². The number of benzene rings is 4. The molecule has 0 saturated carbocycles. The number of hydrogen-bond acceptors (Lipinski definition) is 0. The Bertz CT molecular complexity index is 1350. The van der Waals surface area contributed by atoms with E-state index in [-0.39, 0.29) is 22.1 Å². The summed E-state index contributed by atoms with van der Waals surface area (Å²) in [6.07, 6.45) is -3.61. The smallest absolute Gasteiger partial charge is 0.206 e. The Morgan fingerprint density at radius 1 is 0.667 bits per heavy atom. The fourth-order valence-corrected chi connectivity index (χ4v) is 3.91. The SMILES string of the molecule is CCCc1ccc(-c2ccc(-c3ccc4c(F)c(C(F)(F)F)c(F)cc4c3)c(F)c2)c(F)c1. The van der Waals surface area contributed by atoms with E-state index in [9.17, 15) is 30.7 Å². The highest BCUT2D eigenvalue weighted by Crippen LogP contribution is 2.38. The molecule has 0 aliphatic carbocycles. The largest absolute Gasteiger partial charge is 0.422 e. The van der Waals surface area contributed by atoms with E-state index in [1.54, 1.807) is 12.1 Å². The van der Waals surface area contributed by atoms with Gasteiger partial charge in [0.15, 0.2) is 0 Å². The van der Waals surface area contributed by atoms with E-state index in [2.05, 4.69) is 0 Å². The van der Waals surface area contributed by atoms with Crippen molar-refractivity contribution in [3.63, 3.8) is 0 Å². The van der Waals surface area contributed by atoms with E-state index in [4.69, 9.17) is 0 Å². The van der Waals surface area contributed by atoms with Crippen molar-refractivity contribution in [2.24, 2.45) is 0 Å². The van der Waals surface area contributed by atoms with E-state index >= 15 is 0 Å². The molecule has 0 aliphatic rings. The van der Waals surface area contributed by atoms with Gasteiger partial charge in [0.05, 0.1) is 0 Å². The maximum Gasteiger partial charge on any atom is 0.422 e. The van der Waals surface area contributed by atoms with Crippen LogP contribution in [-0.4, -0.2) is 0 Å². The first kappa shape index (κ1) is 22.8. The quantitative estimate of drug-likeness (QED) is 0.266. The van der Waals surface area contributed by atoms with Gasteiger partial charge in [-0.25, -0.2) is 17.6 Å². The molecule has 170 valence electrons. The molecule has 4 aromatic rings. The first-order valence-corrected chi connectivity index (χ1v) is 10.2. The molecular formula is C26H17F7.